The van der Waals surface area contributed by atoms with Crippen LogP contribution in [-0.4, -0.2) is 17.4 Å². The van der Waals surface area contributed by atoms with Gasteiger partial charge in [-0.3, -0.25) is 9.59 Å². The predicted octanol–water partition coefficient (Wildman–Crippen LogP) is 2.35. The number of pyridine rings is 1. The number of carbonyl (C=O) groups excluding carboxylic acids is 1. The first-order valence-corrected chi connectivity index (χ1v) is 6.19. The lowest BCUT2D eigenvalue weighted by atomic mass is 10.1. The minimum absolute atomic E-state index is 0.118. The molecule has 2 rings (SSSR count). The molecule has 1 N–H and O–H groups in total. The van der Waals surface area contributed by atoms with Gasteiger partial charge in [0.05, 0.1) is 5.56 Å². The Bertz CT molecular complexity index is 626. The highest BCUT2D eigenvalue weighted by molar-refractivity contribution is 6.06. The first-order valence-electron chi connectivity index (χ1n) is 6.19. The summed E-state index contributed by atoms with van der Waals surface area (Å²) >= 11 is 0. The third-order valence-electron chi connectivity index (χ3n) is 3.00. The van der Waals surface area contributed by atoms with Crippen molar-refractivity contribution in [3.63, 3.8) is 0 Å². The summed E-state index contributed by atoms with van der Waals surface area (Å²) < 4.78 is 0. The number of nitrogens with zero attached hydrogens (tertiary/aromatic N) is 1. The zero-order chi connectivity index (χ0) is 13.8. The van der Waals surface area contributed by atoms with Gasteiger partial charge in [-0.2, -0.15) is 0 Å². The number of nitrogens with one attached hydrogen (secondary N) is 1. The SMILES string of the molecule is CCN(C(=O)c1ccc(=O)[nH]c1)c1ccccc1C. The number of para-hydroxylation sites is 1. The summed E-state index contributed by atoms with van der Waals surface area (Å²) in [6, 6.07) is 10.6. The number of carbonyl (C=O) groups is 1. The lowest BCUT2D eigenvalue weighted by Crippen LogP contribution is -2.31. The molecule has 0 aliphatic heterocycles. The van der Waals surface area contributed by atoms with Gasteiger partial charge >= 0.3 is 0 Å². The molecular formula is C15H16N2O2. The van der Waals surface area contributed by atoms with Crippen molar-refractivity contribution in [1.82, 2.24) is 4.98 Å². The Morgan fingerprint density at radius 3 is 2.53 bits per heavy atom. The van der Waals surface area contributed by atoms with Crippen molar-refractivity contribution < 1.29 is 4.79 Å². The van der Waals surface area contributed by atoms with Gasteiger partial charge in [0, 0.05) is 24.5 Å². The van der Waals surface area contributed by atoms with Crippen LogP contribution >= 0.6 is 0 Å². The van der Waals surface area contributed by atoms with E-state index in [2.05, 4.69) is 4.98 Å². The third-order valence-corrected chi connectivity index (χ3v) is 3.00. The highest BCUT2D eigenvalue weighted by atomic mass is 16.2. The van der Waals surface area contributed by atoms with Crippen molar-refractivity contribution in [2.45, 2.75) is 13.8 Å². The Morgan fingerprint density at radius 1 is 1.21 bits per heavy atom. The maximum Gasteiger partial charge on any atom is 0.259 e. The van der Waals surface area contributed by atoms with Gasteiger partial charge in [0.2, 0.25) is 5.56 Å². The zero-order valence-electron chi connectivity index (χ0n) is 11.0. The third kappa shape index (κ3) is 2.73. The molecular weight excluding hydrogens is 240 g/mol. The number of aromatic nitrogens is 1. The summed E-state index contributed by atoms with van der Waals surface area (Å²) in [6.45, 7) is 4.47. The lowest BCUT2D eigenvalue weighted by Gasteiger charge is -2.22. The van der Waals surface area contributed by atoms with Crippen LogP contribution in [0.25, 0.3) is 0 Å². The maximum absolute atomic E-state index is 12.4. The van der Waals surface area contributed by atoms with Crippen molar-refractivity contribution in [3.8, 4) is 0 Å². The molecule has 0 bridgehead atoms. The number of amides is 1. The minimum Gasteiger partial charge on any atom is -0.328 e. The first-order chi connectivity index (χ1) is 9.13. The molecule has 4 heteroatoms. The molecule has 1 amide bonds. The summed E-state index contributed by atoms with van der Waals surface area (Å²) in [7, 11) is 0. The van der Waals surface area contributed by atoms with Crippen LogP contribution in [0.15, 0.2) is 47.4 Å². The number of anilines is 1. The van der Waals surface area contributed by atoms with Crippen LogP contribution in [0.3, 0.4) is 0 Å². The van der Waals surface area contributed by atoms with Crippen LogP contribution in [0.2, 0.25) is 0 Å². The molecule has 98 valence electrons. The number of rotatable bonds is 3. The fourth-order valence-corrected chi connectivity index (χ4v) is 1.99. The van der Waals surface area contributed by atoms with E-state index < -0.39 is 0 Å². The van der Waals surface area contributed by atoms with Crippen molar-refractivity contribution >= 4 is 11.6 Å². The fraction of sp³-hybridized carbons (Fsp3) is 0.200. The number of hydrogen-bond donors (Lipinski definition) is 1. The lowest BCUT2D eigenvalue weighted by molar-refractivity contribution is 0.0988. The van der Waals surface area contributed by atoms with Gasteiger partial charge in [0.15, 0.2) is 0 Å². The van der Waals surface area contributed by atoms with Gasteiger partial charge in [-0.1, -0.05) is 18.2 Å². The Kier molecular flexibility index (Phi) is 3.80. The van der Waals surface area contributed by atoms with E-state index in [0.29, 0.717) is 12.1 Å². The second-order valence-corrected chi connectivity index (χ2v) is 4.28. The molecule has 0 radical (unpaired) electrons. The summed E-state index contributed by atoms with van der Waals surface area (Å²) in [5, 5.41) is 0. The maximum atomic E-state index is 12.4. The van der Waals surface area contributed by atoms with Crippen LogP contribution in [0, 0.1) is 6.92 Å². The standard InChI is InChI=1S/C15H16N2O2/c1-3-17(13-7-5-4-6-11(13)2)15(19)12-8-9-14(18)16-10-12/h4-10H,3H2,1-2H3,(H,16,18). The van der Waals surface area contributed by atoms with Crippen LogP contribution in [0.4, 0.5) is 5.69 Å². The highest BCUT2D eigenvalue weighted by Crippen LogP contribution is 2.20. The zero-order valence-corrected chi connectivity index (χ0v) is 11.0. The van der Waals surface area contributed by atoms with Crippen LogP contribution in [0.5, 0.6) is 0 Å². The first kappa shape index (κ1) is 13.1. The second-order valence-electron chi connectivity index (χ2n) is 4.28. The van der Waals surface area contributed by atoms with Gasteiger partial charge in [0.1, 0.15) is 0 Å². The molecule has 1 aromatic carbocycles. The van der Waals surface area contributed by atoms with Crippen LogP contribution < -0.4 is 10.5 Å². The van der Waals surface area contributed by atoms with E-state index in [9.17, 15) is 9.59 Å². The van der Waals surface area contributed by atoms with E-state index in [1.54, 1.807) is 11.0 Å². The number of aryl methyl sites for hydroxylation is 1. The van der Waals surface area contributed by atoms with E-state index in [1.807, 2.05) is 38.1 Å². The number of aromatic amines is 1. The van der Waals surface area contributed by atoms with E-state index in [-0.39, 0.29) is 11.5 Å². The van der Waals surface area contributed by atoms with Gasteiger partial charge < -0.3 is 9.88 Å². The molecule has 0 aliphatic carbocycles. The fourth-order valence-electron chi connectivity index (χ4n) is 1.99. The van der Waals surface area contributed by atoms with Gasteiger partial charge in [-0.05, 0) is 31.5 Å². The molecule has 0 atom stereocenters. The summed E-state index contributed by atoms with van der Waals surface area (Å²) in [5.74, 6) is -0.118. The Hall–Kier alpha value is -2.36. The molecule has 0 saturated heterocycles. The molecule has 1 heterocycles. The molecule has 1 aromatic heterocycles. The van der Waals surface area contributed by atoms with Gasteiger partial charge in [-0.25, -0.2) is 0 Å². The number of benzene rings is 1. The van der Waals surface area contributed by atoms with Crippen molar-refractivity contribution in [3.05, 3.63) is 64.1 Å². The molecule has 0 fully saturated rings. The van der Waals surface area contributed by atoms with Gasteiger partial charge in [-0.15, -0.1) is 0 Å². The molecule has 0 unspecified atom stereocenters. The summed E-state index contributed by atoms with van der Waals surface area (Å²) in [6.07, 6.45) is 1.45. The van der Waals surface area contributed by atoms with Crippen molar-refractivity contribution in [1.29, 1.82) is 0 Å². The number of hydrogen-bond acceptors (Lipinski definition) is 2. The topological polar surface area (TPSA) is 53.2 Å². The van der Waals surface area contributed by atoms with E-state index >= 15 is 0 Å². The second kappa shape index (κ2) is 5.52. The minimum atomic E-state index is -0.213. The number of H-pyrrole nitrogens is 1. The molecule has 19 heavy (non-hydrogen) atoms. The van der Waals surface area contributed by atoms with Crippen LogP contribution in [0.1, 0.15) is 22.8 Å². The van der Waals surface area contributed by atoms with Crippen molar-refractivity contribution in [2.75, 3.05) is 11.4 Å². The molecule has 0 saturated carbocycles. The highest BCUT2D eigenvalue weighted by Gasteiger charge is 2.17. The molecule has 0 spiro atoms. The molecule has 2 aromatic rings. The van der Waals surface area contributed by atoms with E-state index in [1.165, 1.54) is 12.3 Å². The smallest absolute Gasteiger partial charge is 0.259 e. The quantitative estimate of drug-likeness (QED) is 0.916. The normalized spacial score (nSPS) is 10.2. The van der Waals surface area contributed by atoms with E-state index in [0.717, 1.165) is 11.3 Å². The van der Waals surface area contributed by atoms with Crippen LogP contribution in [-0.2, 0) is 0 Å². The molecule has 4 nitrogen and oxygen atoms in total. The largest absolute Gasteiger partial charge is 0.328 e. The average molecular weight is 256 g/mol. The van der Waals surface area contributed by atoms with Crippen molar-refractivity contribution in [2.24, 2.45) is 0 Å². The monoisotopic (exact) mass is 256 g/mol. The Balaban J connectivity index is 2.37. The summed E-state index contributed by atoms with van der Waals surface area (Å²) in [4.78, 5) is 27.7. The summed E-state index contributed by atoms with van der Waals surface area (Å²) in [5.41, 5.74) is 2.20. The average Bonchev–Trinajstić information content (AvgIpc) is 2.42. The molecule has 0 aliphatic rings. The van der Waals surface area contributed by atoms with Gasteiger partial charge in [0.25, 0.3) is 5.91 Å². The van der Waals surface area contributed by atoms with E-state index in [4.69, 9.17) is 0 Å². The Labute approximate surface area is 111 Å². The predicted molar refractivity (Wildman–Crippen MR) is 75.6 cm³/mol. The Morgan fingerprint density at radius 2 is 1.95 bits per heavy atom.